The first-order valence-corrected chi connectivity index (χ1v) is 6.52. The molecular formula is C12H15N5O3. The van der Waals surface area contributed by atoms with Crippen LogP contribution in [-0.4, -0.2) is 64.3 Å². The Morgan fingerprint density at radius 1 is 1.45 bits per heavy atom. The molecule has 2 fully saturated rings. The maximum absolute atomic E-state index is 12.2. The topological polar surface area (TPSA) is 87.7 Å². The molecule has 2 aliphatic heterocycles. The Balaban J connectivity index is 1.57. The number of urea groups is 2. The summed E-state index contributed by atoms with van der Waals surface area (Å²) in [5.41, 5.74) is 0. The Hall–Kier alpha value is -2.38. The number of aromatic nitrogens is 2. The molecule has 0 unspecified atom stereocenters. The van der Waals surface area contributed by atoms with E-state index in [0.717, 1.165) is 6.42 Å². The fourth-order valence-corrected chi connectivity index (χ4v) is 2.34. The molecule has 3 heterocycles. The second kappa shape index (κ2) is 5.32. The van der Waals surface area contributed by atoms with Crippen LogP contribution in [0.15, 0.2) is 18.3 Å². The van der Waals surface area contributed by atoms with Gasteiger partial charge in [-0.15, -0.1) is 5.10 Å². The summed E-state index contributed by atoms with van der Waals surface area (Å²) in [5.74, 6) is 0.450. The van der Waals surface area contributed by atoms with Gasteiger partial charge < -0.3 is 15.0 Å². The van der Waals surface area contributed by atoms with Crippen LogP contribution in [0.25, 0.3) is 0 Å². The van der Waals surface area contributed by atoms with E-state index in [1.54, 1.807) is 23.2 Å². The van der Waals surface area contributed by atoms with Gasteiger partial charge in [0.25, 0.3) is 0 Å². The van der Waals surface area contributed by atoms with Gasteiger partial charge in [0, 0.05) is 38.3 Å². The van der Waals surface area contributed by atoms with Gasteiger partial charge in [0.15, 0.2) is 0 Å². The molecule has 1 aromatic rings. The van der Waals surface area contributed by atoms with Crippen molar-refractivity contribution in [2.45, 2.75) is 12.5 Å². The van der Waals surface area contributed by atoms with Crippen LogP contribution in [0.3, 0.4) is 0 Å². The highest BCUT2D eigenvalue weighted by Gasteiger charge is 2.35. The highest BCUT2D eigenvalue weighted by Crippen LogP contribution is 2.17. The Labute approximate surface area is 115 Å². The Kier molecular flexibility index (Phi) is 3.36. The second-order valence-electron chi connectivity index (χ2n) is 4.70. The van der Waals surface area contributed by atoms with Crippen molar-refractivity contribution in [2.75, 3.05) is 26.2 Å². The van der Waals surface area contributed by atoms with E-state index in [-0.39, 0.29) is 18.2 Å². The first kappa shape index (κ1) is 12.6. The van der Waals surface area contributed by atoms with Crippen LogP contribution in [0.1, 0.15) is 6.42 Å². The van der Waals surface area contributed by atoms with Crippen LogP contribution in [-0.2, 0) is 0 Å². The van der Waals surface area contributed by atoms with E-state index in [9.17, 15) is 9.59 Å². The van der Waals surface area contributed by atoms with E-state index in [1.807, 2.05) is 0 Å². The van der Waals surface area contributed by atoms with Gasteiger partial charge in [-0.2, -0.15) is 5.10 Å². The molecule has 8 nitrogen and oxygen atoms in total. The molecule has 0 aliphatic carbocycles. The van der Waals surface area contributed by atoms with Crippen LogP contribution in [0.4, 0.5) is 9.59 Å². The van der Waals surface area contributed by atoms with Gasteiger partial charge in [0.1, 0.15) is 6.10 Å². The van der Waals surface area contributed by atoms with Crippen molar-refractivity contribution in [1.82, 2.24) is 25.3 Å². The van der Waals surface area contributed by atoms with Crippen LogP contribution < -0.4 is 10.1 Å². The predicted octanol–water partition coefficient (Wildman–Crippen LogP) is 0.0749. The molecule has 20 heavy (non-hydrogen) atoms. The van der Waals surface area contributed by atoms with Crippen molar-refractivity contribution in [2.24, 2.45) is 0 Å². The average Bonchev–Trinajstić information content (AvgIpc) is 3.08. The van der Waals surface area contributed by atoms with E-state index in [2.05, 4.69) is 15.5 Å². The average molecular weight is 277 g/mol. The van der Waals surface area contributed by atoms with Gasteiger partial charge in [-0.05, 0) is 6.07 Å². The fourth-order valence-electron chi connectivity index (χ4n) is 2.34. The molecule has 8 heteroatoms. The molecule has 0 saturated carbocycles. The van der Waals surface area contributed by atoms with Crippen molar-refractivity contribution < 1.29 is 14.3 Å². The van der Waals surface area contributed by atoms with Gasteiger partial charge in [0.2, 0.25) is 5.88 Å². The van der Waals surface area contributed by atoms with E-state index in [0.29, 0.717) is 32.1 Å². The minimum absolute atomic E-state index is 0.110. The summed E-state index contributed by atoms with van der Waals surface area (Å²) >= 11 is 0. The quantitative estimate of drug-likeness (QED) is 0.826. The zero-order chi connectivity index (χ0) is 13.9. The van der Waals surface area contributed by atoms with Crippen molar-refractivity contribution in [3.8, 4) is 5.88 Å². The number of hydrogen-bond donors (Lipinski definition) is 1. The van der Waals surface area contributed by atoms with Crippen molar-refractivity contribution >= 4 is 12.1 Å². The monoisotopic (exact) mass is 277 g/mol. The highest BCUT2D eigenvalue weighted by atomic mass is 16.5. The summed E-state index contributed by atoms with van der Waals surface area (Å²) in [6.07, 6.45) is 2.18. The molecule has 0 bridgehead atoms. The third-order valence-electron chi connectivity index (χ3n) is 3.34. The van der Waals surface area contributed by atoms with Gasteiger partial charge in [-0.3, -0.25) is 0 Å². The lowest BCUT2D eigenvalue weighted by molar-refractivity contribution is 0.160. The van der Waals surface area contributed by atoms with Crippen molar-refractivity contribution in [3.05, 3.63) is 18.3 Å². The zero-order valence-corrected chi connectivity index (χ0v) is 10.9. The third-order valence-corrected chi connectivity index (χ3v) is 3.34. The van der Waals surface area contributed by atoms with Crippen LogP contribution >= 0.6 is 0 Å². The molecule has 2 aliphatic rings. The number of nitrogens with one attached hydrogen (secondary N) is 1. The SMILES string of the molecule is O=C1NCCN1C(=O)N1CC[C@@H](Oc2cccnn2)C1. The minimum atomic E-state index is -0.326. The fraction of sp³-hybridized carbons (Fsp3) is 0.500. The Morgan fingerprint density at radius 3 is 3.05 bits per heavy atom. The molecule has 2 saturated heterocycles. The molecule has 1 atom stereocenters. The maximum atomic E-state index is 12.2. The molecule has 0 radical (unpaired) electrons. The first-order chi connectivity index (χ1) is 9.74. The van der Waals surface area contributed by atoms with Gasteiger partial charge in [-0.25, -0.2) is 14.5 Å². The molecule has 0 spiro atoms. The summed E-state index contributed by atoms with van der Waals surface area (Å²) in [6, 6.07) is 2.89. The molecular weight excluding hydrogens is 262 g/mol. The normalized spacial score (nSPS) is 22.0. The summed E-state index contributed by atoms with van der Waals surface area (Å²) in [4.78, 5) is 26.5. The maximum Gasteiger partial charge on any atom is 0.328 e. The summed E-state index contributed by atoms with van der Waals surface area (Å²) < 4.78 is 5.66. The van der Waals surface area contributed by atoms with Crippen molar-refractivity contribution in [3.63, 3.8) is 0 Å². The standard InChI is InChI=1S/C12H15N5O3/c18-11-13-5-7-17(11)12(19)16-6-3-9(8-16)20-10-2-1-4-14-15-10/h1-2,4,9H,3,5-8H2,(H,13,18)/t9-/m1/s1. The molecule has 106 valence electrons. The highest BCUT2D eigenvalue weighted by molar-refractivity contribution is 5.95. The van der Waals surface area contributed by atoms with Gasteiger partial charge in [-0.1, -0.05) is 0 Å². The van der Waals surface area contributed by atoms with E-state index >= 15 is 0 Å². The molecule has 4 amide bonds. The smallest absolute Gasteiger partial charge is 0.328 e. The van der Waals surface area contributed by atoms with Crippen LogP contribution in [0.2, 0.25) is 0 Å². The number of rotatable bonds is 2. The predicted molar refractivity (Wildman–Crippen MR) is 68.1 cm³/mol. The second-order valence-corrected chi connectivity index (χ2v) is 4.70. The number of imide groups is 1. The van der Waals surface area contributed by atoms with Gasteiger partial charge >= 0.3 is 12.1 Å². The number of likely N-dealkylation sites (tertiary alicyclic amines) is 1. The number of carbonyl (C=O) groups is 2. The Bertz CT molecular complexity index is 509. The molecule has 1 N–H and O–H groups in total. The van der Waals surface area contributed by atoms with Gasteiger partial charge in [0.05, 0.1) is 6.54 Å². The van der Waals surface area contributed by atoms with Crippen molar-refractivity contribution in [1.29, 1.82) is 0 Å². The van der Waals surface area contributed by atoms with Crippen LogP contribution in [0.5, 0.6) is 5.88 Å². The van der Waals surface area contributed by atoms with E-state index in [4.69, 9.17) is 4.74 Å². The Morgan fingerprint density at radius 2 is 2.35 bits per heavy atom. The molecule has 1 aromatic heterocycles. The number of hydrogen-bond acceptors (Lipinski definition) is 5. The minimum Gasteiger partial charge on any atom is -0.471 e. The third kappa shape index (κ3) is 2.49. The number of carbonyl (C=O) groups excluding carboxylic acids is 2. The lowest BCUT2D eigenvalue weighted by Gasteiger charge is -2.21. The van der Waals surface area contributed by atoms with E-state index < -0.39 is 0 Å². The number of amides is 4. The zero-order valence-electron chi connectivity index (χ0n) is 10.9. The summed E-state index contributed by atoms with van der Waals surface area (Å²) in [7, 11) is 0. The number of nitrogens with zero attached hydrogens (tertiary/aromatic N) is 4. The first-order valence-electron chi connectivity index (χ1n) is 6.52. The number of ether oxygens (including phenoxy) is 1. The largest absolute Gasteiger partial charge is 0.471 e. The molecule has 3 rings (SSSR count). The summed E-state index contributed by atoms with van der Waals surface area (Å²) in [5, 5.41) is 10.2. The lowest BCUT2D eigenvalue weighted by atomic mass is 10.3. The van der Waals surface area contributed by atoms with E-state index in [1.165, 1.54) is 4.90 Å². The van der Waals surface area contributed by atoms with Crippen LogP contribution in [0, 0.1) is 0 Å². The lowest BCUT2D eigenvalue weighted by Crippen LogP contribution is -2.44. The summed E-state index contributed by atoms with van der Waals surface area (Å²) in [6.45, 7) is 1.97. The molecule has 0 aromatic carbocycles.